The van der Waals surface area contributed by atoms with Crippen LogP contribution in [0.15, 0.2) is 0 Å². The molecular weight excluding hydrogens is 194 g/mol. The average molecular weight is 223 g/mol. The summed E-state index contributed by atoms with van der Waals surface area (Å²) in [6.45, 7) is 8.54. The van der Waals surface area contributed by atoms with Gasteiger partial charge in [0, 0.05) is 0 Å². The minimum Gasteiger partial charge on any atom is -0.319 e. The molecule has 94 valence electrons. The van der Waals surface area contributed by atoms with E-state index in [0.717, 1.165) is 17.3 Å². The molecule has 1 spiro atoms. The first kappa shape index (κ1) is 12.4. The Morgan fingerprint density at radius 1 is 1.25 bits per heavy atom. The van der Waals surface area contributed by atoms with Crippen LogP contribution in [0.4, 0.5) is 0 Å². The molecule has 2 aliphatic carbocycles. The fraction of sp³-hybridized carbons (Fsp3) is 1.00. The molecule has 16 heavy (non-hydrogen) atoms. The molecule has 1 heteroatoms. The SMILES string of the molecule is CCC(C)(C)C1CCC2(CC1)CC2CNC. The van der Waals surface area contributed by atoms with Crippen molar-refractivity contribution in [3.8, 4) is 0 Å². The van der Waals surface area contributed by atoms with E-state index >= 15 is 0 Å². The first-order valence-corrected chi connectivity index (χ1v) is 7.19. The van der Waals surface area contributed by atoms with Gasteiger partial charge in [-0.25, -0.2) is 0 Å². The van der Waals surface area contributed by atoms with Crippen molar-refractivity contribution in [2.24, 2.45) is 22.7 Å². The smallest absolute Gasteiger partial charge is 0.00180 e. The van der Waals surface area contributed by atoms with E-state index in [9.17, 15) is 0 Å². The predicted molar refractivity (Wildman–Crippen MR) is 70.5 cm³/mol. The molecule has 1 unspecified atom stereocenters. The third-order valence-corrected chi connectivity index (χ3v) is 5.81. The Morgan fingerprint density at radius 2 is 1.88 bits per heavy atom. The lowest BCUT2D eigenvalue weighted by Gasteiger charge is -2.39. The van der Waals surface area contributed by atoms with Crippen molar-refractivity contribution in [2.45, 2.75) is 59.3 Å². The van der Waals surface area contributed by atoms with Gasteiger partial charge in [0.05, 0.1) is 0 Å². The van der Waals surface area contributed by atoms with Gasteiger partial charge in [-0.15, -0.1) is 0 Å². The van der Waals surface area contributed by atoms with E-state index in [2.05, 4.69) is 33.1 Å². The fourth-order valence-electron chi connectivity index (χ4n) is 3.84. The maximum Gasteiger partial charge on any atom is -0.00180 e. The van der Waals surface area contributed by atoms with Crippen LogP contribution in [0.25, 0.3) is 0 Å². The summed E-state index contributed by atoms with van der Waals surface area (Å²) in [5.74, 6) is 1.99. The normalized spacial score (nSPS) is 39.0. The van der Waals surface area contributed by atoms with Gasteiger partial charge >= 0.3 is 0 Å². The Labute approximate surface area is 101 Å². The zero-order valence-corrected chi connectivity index (χ0v) is 11.6. The molecule has 0 amide bonds. The topological polar surface area (TPSA) is 12.0 Å². The number of hydrogen-bond donors (Lipinski definition) is 1. The third kappa shape index (κ3) is 2.16. The van der Waals surface area contributed by atoms with E-state index in [0.29, 0.717) is 5.41 Å². The molecule has 0 aromatic rings. The summed E-state index contributed by atoms with van der Waals surface area (Å²) in [7, 11) is 2.10. The van der Waals surface area contributed by atoms with Crippen LogP contribution in [0.2, 0.25) is 0 Å². The third-order valence-electron chi connectivity index (χ3n) is 5.81. The summed E-state index contributed by atoms with van der Waals surface area (Å²) in [6.07, 6.45) is 8.83. The van der Waals surface area contributed by atoms with Crippen LogP contribution in [0.3, 0.4) is 0 Å². The molecule has 0 aromatic carbocycles. The summed E-state index contributed by atoms with van der Waals surface area (Å²) < 4.78 is 0. The van der Waals surface area contributed by atoms with Crippen molar-refractivity contribution >= 4 is 0 Å². The van der Waals surface area contributed by atoms with Crippen LogP contribution in [0.1, 0.15) is 59.3 Å². The van der Waals surface area contributed by atoms with Crippen LogP contribution in [-0.4, -0.2) is 13.6 Å². The molecule has 2 aliphatic rings. The van der Waals surface area contributed by atoms with Crippen LogP contribution >= 0.6 is 0 Å². The molecule has 2 fully saturated rings. The van der Waals surface area contributed by atoms with E-state index in [1.165, 1.54) is 45.1 Å². The van der Waals surface area contributed by atoms with Gasteiger partial charge in [-0.2, -0.15) is 0 Å². The molecule has 0 radical (unpaired) electrons. The molecule has 0 bridgehead atoms. The molecule has 0 saturated heterocycles. The fourth-order valence-corrected chi connectivity index (χ4v) is 3.84. The van der Waals surface area contributed by atoms with Gasteiger partial charge < -0.3 is 5.32 Å². The van der Waals surface area contributed by atoms with E-state index in [1.54, 1.807) is 0 Å². The lowest BCUT2D eigenvalue weighted by molar-refractivity contribution is 0.115. The van der Waals surface area contributed by atoms with Gasteiger partial charge in [0.2, 0.25) is 0 Å². The molecule has 1 nitrogen and oxygen atoms in total. The van der Waals surface area contributed by atoms with Crippen LogP contribution < -0.4 is 5.32 Å². The lowest BCUT2D eigenvalue weighted by Crippen LogP contribution is -2.29. The zero-order chi connectivity index (χ0) is 11.8. The van der Waals surface area contributed by atoms with Gasteiger partial charge in [-0.1, -0.05) is 27.2 Å². The summed E-state index contributed by atoms with van der Waals surface area (Å²) in [5.41, 5.74) is 1.36. The maximum atomic E-state index is 3.35. The highest BCUT2D eigenvalue weighted by Crippen LogP contribution is 2.63. The van der Waals surface area contributed by atoms with E-state index in [4.69, 9.17) is 0 Å². The lowest BCUT2D eigenvalue weighted by atomic mass is 9.66. The molecule has 2 saturated carbocycles. The second kappa shape index (κ2) is 4.33. The molecule has 1 N–H and O–H groups in total. The number of hydrogen-bond acceptors (Lipinski definition) is 1. The Kier molecular flexibility index (Phi) is 3.36. The number of rotatable bonds is 4. The van der Waals surface area contributed by atoms with Crippen molar-refractivity contribution in [1.29, 1.82) is 0 Å². The largest absolute Gasteiger partial charge is 0.319 e. The van der Waals surface area contributed by atoms with Gasteiger partial charge in [-0.05, 0) is 68.4 Å². The first-order valence-electron chi connectivity index (χ1n) is 7.19. The van der Waals surface area contributed by atoms with Gasteiger partial charge in [0.1, 0.15) is 0 Å². The summed E-state index contributed by atoms with van der Waals surface area (Å²) in [4.78, 5) is 0. The van der Waals surface area contributed by atoms with Gasteiger partial charge in [-0.3, -0.25) is 0 Å². The summed E-state index contributed by atoms with van der Waals surface area (Å²) in [6, 6.07) is 0. The molecule has 1 atom stereocenters. The van der Waals surface area contributed by atoms with Crippen LogP contribution in [-0.2, 0) is 0 Å². The van der Waals surface area contributed by atoms with Crippen molar-refractivity contribution in [1.82, 2.24) is 5.32 Å². The maximum absolute atomic E-state index is 3.35. The minimum absolute atomic E-state index is 0.578. The predicted octanol–water partition coefficient (Wildman–Crippen LogP) is 3.84. The second-order valence-corrected chi connectivity index (χ2v) is 6.94. The Bertz CT molecular complexity index is 236. The Morgan fingerprint density at radius 3 is 2.38 bits per heavy atom. The van der Waals surface area contributed by atoms with Crippen LogP contribution in [0, 0.1) is 22.7 Å². The Balaban J connectivity index is 1.84. The van der Waals surface area contributed by atoms with Gasteiger partial charge in [0.15, 0.2) is 0 Å². The van der Waals surface area contributed by atoms with Gasteiger partial charge in [0.25, 0.3) is 0 Å². The molecule has 0 aliphatic heterocycles. The summed E-state index contributed by atoms with van der Waals surface area (Å²) >= 11 is 0. The molecule has 0 heterocycles. The van der Waals surface area contributed by atoms with Crippen molar-refractivity contribution in [2.75, 3.05) is 13.6 Å². The zero-order valence-electron chi connectivity index (χ0n) is 11.6. The quantitative estimate of drug-likeness (QED) is 0.763. The highest BCUT2D eigenvalue weighted by Gasteiger charge is 2.54. The van der Waals surface area contributed by atoms with Crippen LogP contribution in [0.5, 0.6) is 0 Å². The molecule has 2 rings (SSSR count). The van der Waals surface area contributed by atoms with E-state index in [1.807, 2.05) is 0 Å². The number of nitrogens with one attached hydrogen (secondary N) is 1. The molecule has 0 aromatic heterocycles. The minimum atomic E-state index is 0.578. The van der Waals surface area contributed by atoms with Crippen molar-refractivity contribution in [3.05, 3.63) is 0 Å². The monoisotopic (exact) mass is 223 g/mol. The van der Waals surface area contributed by atoms with Crippen molar-refractivity contribution < 1.29 is 0 Å². The highest BCUT2D eigenvalue weighted by atomic mass is 14.8. The first-order chi connectivity index (χ1) is 7.54. The summed E-state index contributed by atoms with van der Waals surface area (Å²) in [5, 5.41) is 3.35. The van der Waals surface area contributed by atoms with E-state index in [-0.39, 0.29) is 0 Å². The highest BCUT2D eigenvalue weighted by molar-refractivity contribution is 5.05. The molecular formula is C15H29N. The Hall–Kier alpha value is -0.0400. The average Bonchev–Trinajstić information content (AvgIpc) is 2.92. The second-order valence-electron chi connectivity index (χ2n) is 6.94. The standard InChI is InChI=1S/C15H29N/c1-5-14(2,3)12-6-8-15(9-7-12)10-13(15)11-16-4/h12-13,16H,5-11H2,1-4H3. The van der Waals surface area contributed by atoms with E-state index < -0.39 is 0 Å². The van der Waals surface area contributed by atoms with Crippen molar-refractivity contribution in [3.63, 3.8) is 0 Å².